The summed E-state index contributed by atoms with van der Waals surface area (Å²) >= 11 is 0. The zero-order valence-corrected chi connectivity index (χ0v) is 11.3. The quantitative estimate of drug-likeness (QED) is 0.417. The number of rotatable bonds is 6. The molecule has 0 amide bonds. The SMILES string of the molecule is CC(C)OCCOC[B-](F)(F)F.[K+]. The first-order valence-electron chi connectivity index (χ1n) is 3.82. The van der Waals surface area contributed by atoms with E-state index < -0.39 is 13.5 Å². The zero-order chi connectivity index (χ0) is 9.61. The van der Waals surface area contributed by atoms with Crippen LogP contribution in [0.4, 0.5) is 12.9 Å². The van der Waals surface area contributed by atoms with Crippen molar-refractivity contribution in [3.05, 3.63) is 0 Å². The molecule has 0 aliphatic rings. The van der Waals surface area contributed by atoms with E-state index in [1.54, 1.807) is 0 Å². The summed E-state index contributed by atoms with van der Waals surface area (Å²) in [6, 6.07) is 0. The molecule has 0 spiro atoms. The molecule has 0 heterocycles. The van der Waals surface area contributed by atoms with Gasteiger partial charge in [0, 0.05) is 6.51 Å². The van der Waals surface area contributed by atoms with Crippen molar-refractivity contribution in [2.75, 3.05) is 19.7 Å². The van der Waals surface area contributed by atoms with Crippen LogP contribution in [0.2, 0.25) is 0 Å². The fourth-order valence-electron chi connectivity index (χ4n) is 0.560. The van der Waals surface area contributed by atoms with Crippen molar-refractivity contribution in [2.24, 2.45) is 0 Å². The van der Waals surface area contributed by atoms with Gasteiger partial charge in [0.15, 0.2) is 0 Å². The predicted molar refractivity (Wildman–Crippen MR) is 41.0 cm³/mol. The topological polar surface area (TPSA) is 18.5 Å². The van der Waals surface area contributed by atoms with Gasteiger partial charge in [0.1, 0.15) is 0 Å². The molecule has 0 aliphatic carbocycles. The summed E-state index contributed by atoms with van der Waals surface area (Å²) in [7, 11) is 0. The molecule has 0 aromatic carbocycles. The molecule has 0 aliphatic heterocycles. The van der Waals surface area contributed by atoms with Gasteiger partial charge in [-0.3, -0.25) is 0 Å². The molecule has 0 aromatic rings. The maximum Gasteiger partial charge on any atom is 1.00 e. The molecule has 0 atom stereocenters. The van der Waals surface area contributed by atoms with Gasteiger partial charge < -0.3 is 22.4 Å². The van der Waals surface area contributed by atoms with E-state index in [1.165, 1.54) is 0 Å². The Kier molecular flexibility index (Phi) is 11.3. The fraction of sp³-hybridized carbons (Fsp3) is 1.00. The average molecular weight is 224 g/mol. The third kappa shape index (κ3) is 16.1. The van der Waals surface area contributed by atoms with Crippen LogP contribution in [0.3, 0.4) is 0 Å². The van der Waals surface area contributed by atoms with Crippen LogP contribution in [0.5, 0.6) is 0 Å². The minimum absolute atomic E-state index is 0. The first kappa shape index (κ1) is 16.8. The Morgan fingerprint density at radius 2 is 1.69 bits per heavy atom. The van der Waals surface area contributed by atoms with Crippen LogP contribution >= 0.6 is 0 Å². The molecule has 74 valence electrons. The Bertz CT molecular complexity index is 121. The van der Waals surface area contributed by atoms with Crippen LogP contribution in [-0.4, -0.2) is 32.8 Å². The molecular formula is C6H13BF3KO2. The summed E-state index contributed by atoms with van der Waals surface area (Å²) in [5, 5.41) is 0. The normalized spacial score (nSPS) is 11.5. The van der Waals surface area contributed by atoms with Crippen molar-refractivity contribution in [1.29, 1.82) is 0 Å². The van der Waals surface area contributed by atoms with E-state index in [0.29, 0.717) is 0 Å². The van der Waals surface area contributed by atoms with Crippen molar-refractivity contribution >= 4 is 6.98 Å². The maximum atomic E-state index is 11.5. The van der Waals surface area contributed by atoms with Gasteiger partial charge in [-0.05, 0) is 13.8 Å². The zero-order valence-electron chi connectivity index (χ0n) is 8.23. The van der Waals surface area contributed by atoms with Crippen molar-refractivity contribution < 1.29 is 73.8 Å². The summed E-state index contributed by atoms with van der Waals surface area (Å²) in [6.45, 7) is -2.11. The Morgan fingerprint density at radius 1 is 1.15 bits per heavy atom. The van der Waals surface area contributed by atoms with Crippen molar-refractivity contribution in [3.63, 3.8) is 0 Å². The Morgan fingerprint density at radius 3 is 2.08 bits per heavy atom. The number of hydrogen-bond donors (Lipinski definition) is 0. The summed E-state index contributed by atoms with van der Waals surface area (Å²) in [6.07, 6.45) is 0.0324. The average Bonchev–Trinajstić information content (AvgIpc) is 1.83. The fourth-order valence-corrected chi connectivity index (χ4v) is 0.560. The molecule has 0 unspecified atom stereocenters. The second kappa shape index (κ2) is 8.70. The third-order valence-corrected chi connectivity index (χ3v) is 0.986. The summed E-state index contributed by atoms with van der Waals surface area (Å²) in [5.41, 5.74) is 0. The first-order chi connectivity index (χ1) is 5.42. The maximum absolute atomic E-state index is 11.5. The van der Waals surface area contributed by atoms with Crippen LogP contribution in [0.15, 0.2) is 0 Å². The Hall–Kier alpha value is 1.41. The van der Waals surface area contributed by atoms with Gasteiger partial charge in [0.2, 0.25) is 0 Å². The van der Waals surface area contributed by atoms with Gasteiger partial charge in [-0.1, -0.05) is 0 Å². The molecular weight excluding hydrogens is 211 g/mol. The Labute approximate surface area is 119 Å². The molecule has 0 rings (SSSR count). The molecule has 0 fully saturated rings. The van der Waals surface area contributed by atoms with E-state index >= 15 is 0 Å². The smallest absolute Gasteiger partial charge is 0.447 e. The standard InChI is InChI=1S/C6H13BF3O2.K/c1-6(2)12-4-3-11-5-7(8,9)10;/h6H,3-5H2,1-2H3;/q-1;+1. The van der Waals surface area contributed by atoms with Gasteiger partial charge in [-0.2, -0.15) is 0 Å². The van der Waals surface area contributed by atoms with E-state index in [9.17, 15) is 12.9 Å². The van der Waals surface area contributed by atoms with Crippen LogP contribution in [0.1, 0.15) is 13.8 Å². The van der Waals surface area contributed by atoms with Gasteiger partial charge in [-0.25, -0.2) is 0 Å². The molecule has 0 bridgehead atoms. The number of halogens is 3. The van der Waals surface area contributed by atoms with Gasteiger partial charge in [-0.15, -0.1) is 0 Å². The van der Waals surface area contributed by atoms with Crippen molar-refractivity contribution in [2.45, 2.75) is 20.0 Å². The number of ether oxygens (including phenoxy) is 2. The minimum atomic E-state index is -4.81. The van der Waals surface area contributed by atoms with Crippen LogP contribution in [-0.2, 0) is 9.47 Å². The second-order valence-corrected chi connectivity index (χ2v) is 2.70. The molecule has 0 saturated heterocycles. The molecule has 0 N–H and O–H groups in total. The van der Waals surface area contributed by atoms with Crippen molar-refractivity contribution in [3.8, 4) is 0 Å². The predicted octanol–water partition coefficient (Wildman–Crippen LogP) is -1.18. The largest absolute Gasteiger partial charge is 1.00 e. The summed E-state index contributed by atoms with van der Waals surface area (Å²) in [5.74, 6) is 0. The summed E-state index contributed by atoms with van der Waals surface area (Å²) in [4.78, 5) is 0. The Balaban J connectivity index is 0. The van der Waals surface area contributed by atoms with Gasteiger partial charge in [0.25, 0.3) is 0 Å². The third-order valence-electron chi connectivity index (χ3n) is 0.986. The van der Waals surface area contributed by atoms with E-state index in [4.69, 9.17) is 4.74 Å². The molecule has 0 radical (unpaired) electrons. The van der Waals surface area contributed by atoms with E-state index in [1.807, 2.05) is 13.8 Å². The van der Waals surface area contributed by atoms with E-state index in [0.717, 1.165) is 0 Å². The van der Waals surface area contributed by atoms with E-state index in [-0.39, 0.29) is 70.7 Å². The second-order valence-electron chi connectivity index (χ2n) is 2.70. The van der Waals surface area contributed by atoms with Gasteiger partial charge in [0.05, 0.1) is 19.3 Å². The first-order valence-corrected chi connectivity index (χ1v) is 3.82. The van der Waals surface area contributed by atoms with Crippen LogP contribution < -0.4 is 51.4 Å². The summed E-state index contributed by atoms with van der Waals surface area (Å²) < 4.78 is 43.9. The van der Waals surface area contributed by atoms with Crippen LogP contribution in [0, 0.1) is 0 Å². The molecule has 2 nitrogen and oxygen atoms in total. The van der Waals surface area contributed by atoms with Crippen molar-refractivity contribution in [1.82, 2.24) is 0 Å². The molecule has 13 heavy (non-hydrogen) atoms. The van der Waals surface area contributed by atoms with E-state index in [2.05, 4.69) is 4.74 Å². The monoisotopic (exact) mass is 224 g/mol. The molecule has 0 saturated carbocycles. The number of hydrogen-bond acceptors (Lipinski definition) is 2. The van der Waals surface area contributed by atoms with Crippen LogP contribution in [0.25, 0.3) is 0 Å². The minimum Gasteiger partial charge on any atom is -0.447 e. The van der Waals surface area contributed by atoms with Gasteiger partial charge >= 0.3 is 58.4 Å². The molecule has 7 heteroatoms. The molecule has 0 aromatic heterocycles.